The lowest BCUT2D eigenvalue weighted by Crippen LogP contribution is -2.34. The third kappa shape index (κ3) is 1.81. The van der Waals surface area contributed by atoms with Crippen molar-refractivity contribution in [2.45, 2.75) is 57.9 Å². The van der Waals surface area contributed by atoms with Crippen LogP contribution in [0.4, 0.5) is 0 Å². The number of hydrogen-bond acceptors (Lipinski definition) is 1. The second-order valence-corrected chi connectivity index (χ2v) is 6.11. The molecule has 1 heterocycles. The summed E-state index contributed by atoms with van der Waals surface area (Å²) in [5, 5.41) is 1.47. The Balaban J connectivity index is 2.32. The van der Waals surface area contributed by atoms with Gasteiger partial charge in [0.05, 0.1) is 0 Å². The first-order valence-corrected chi connectivity index (χ1v) is 8.08. The van der Waals surface area contributed by atoms with Crippen LogP contribution in [0.15, 0.2) is 24.3 Å². The van der Waals surface area contributed by atoms with Gasteiger partial charge in [0.15, 0.2) is 0 Å². The molecule has 2 N–H and O–H groups in total. The van der Waals surface area contributed by atoms with Crippen LogP contribution >= 0.6 is 0 Å². The fraction of sp³-hybridized carbons (Fsp3) is 0.556. The average molecular weight is 270 g/mol. The van der Waals surface area contributed by atoms with Crippen LogP contribution in [0.5, 0.6) is 0 Å². The standard InChI is InChI=1S/C18H26N2/c1-3-18(12-13-19)11-7-9-15-14-8-5-6-10-16(14)20(4-2)17(15)18/h5-6,8,10H,3-4,7,9,11-13,19H2,1-2H3. The van der Waals surface area contributed by atoms with Gasteiger partial charge in [-0.05, 0) is 57.2 Å². The second kappa shape index (κ2) is 5.25. The molecule has 0 amide bonds. The van der Waals surface area contributed by atoms with E-state index in [4.69, 9.17) is 5.73 Å². The molecule has 1 aliphatic carbocycles. The fourth-order valence-electron chi connectivity index (χ4n) is 4.33. The summed E-state index contributed by atoms with van der Waals surface area (Å²) in [7, 11) is 0. The van der Waals surface area contributed by atoms with Gasteiger partial charge in [0.2, 0.25) is 0 Å². The van der Waals surface area contributed by atoms with E-state index < -0.39 is 0 Å². The molecule has 0 saturated carbocycles. The summed E-state index contributed by atoms with van der Waals surface area (Å²) in [6.07, 6.45) is 6.15. The normalized spacial score (nSPS) is 22.1. The van der Waals surface area contributed by atoms with E-state index in [2.05, 4.69) is 42.7 Å². The minimum absolute atomic E-state index is 0.303. The first-order chi connectivity index (χ1) is 9.77. The van der Waals surface area contributed by atoms with Crippen molar-refractivity contribution >= 4 is 10.9 Å². The molecule has 20 heavy (non-hydrogen) atoms. The summed E-state index contributed by atoms with van der Waals surface area (Å²) in [5.41, 5.74) is 10.9. The van der Waals surface area contributed by atoms with E-state index in [1.54, 1.807) is 11.3 Å². The molecule has 108 valence electrons. The number of benzene rings is 1. The fourth-order valence-corrected chi connectivity index (χ4v) is 4.33. The lowest BCUT2D eigenvalue weighted by Gasteiger charge is -2.38. The van der Waals surface area contributed by atoms with Crippen LogP contribution in [-0.2, 0) is 18.4 Å². The Morgan fingerprint density at radius 2 is 2.05 bits per heavy atom. The Kier molecular flexibility index (Phi) is 3.59. The molecule has 1 atom stereocenters. The van der Waals surface area contributed by atoms with Gasteiger partial charge < -0.3 is 10.3 Å². The van der Waals surface area contributed by atoms with Gasteiger partial charge in [0.25, 0.3) is 0 Å². The summed E-state index contributed by atoms with van der Waals surface area (Å²) >= 11 is 0. The maximum absolute atomic E-state index is 5.95. The number of rotatable bonds is 4. The highest BCUT2D eigenvalue weighted by Crippen LogP contribution is 2.46. The molecule has 0 spiro atoms. The van der Waals surface area contributed by atoms with Crippen LogP contribution in [0.1, 0.15) is 50.8 Å². The first kappa shape index (κ1) is 13.7. The zero-order valence-corrected chi connectivity index (χ0v) is 12.8. The SMILES string of the molecule is CCn1c2c(c3ccccc31)CCCC2(CC)CCN. The Hall–Kier alpha value is -1.28. The van der Waals surface area contributed by atoms with Crippen LogP contribution in [0, 0.1) is 0 Å². The minimum Gasteiger partial charge on any atom is -0.344 e. The van der Waals surface area contributed by atoms with Crippen LogP contribution < -0.4 is 5.73 Å². The van der Waals surface area contributed by atoms with Crippen LogP contribution in [0.3, 0.4) is 0 Å². The van der Waals surface area contributed by atoms with Gasteiger partial charge >= 0.3 is 0 Å². The van der Waals surface area contributed by atoms with Crippen LogP contribution in [0.25, 0.3) is 10.9 Å². The monoisotopic (exact) mass is 270 g/mol. The van der Waals surface area contributed by atoms with E-state index in [1.165, 1.54) is 36.6 Å². The molecule has 0 saturated heterocycles. The van der Waals surface area contributed by atoms with Gasteiger partial charge in [-0.25, -0.2) is 0 Å². The minimum atomic E-state index is 0.303. The summed E-state index contributed by atoms with van der Waals surface area (Å²) in [6.45, 7) is 6.45. The summed E-state index contributed by atoms with van der Waals surface area (Å²) in [6, 6.07) is 8.92. The van der Waals surface area contributed by atoms with E-state index >= 15 is 0 Å². The largest absolute Gasteiger partial charge is 0.344 e. The number of para-hydroxylation sites is 1. The molecule has 1 aromatic heterocycles. The molecule has 1 aliphatic rings. The second-order valence-electron chi connectivity index (χ2n) is 6.11. The van der Waals surface area contributed by atoms with Gasteiger partial charge in [0, 0.05) is 28.6 Å². The molecular weight excluding hydrogens is 244 g/mol. The highest BCUT2D eigenvalue weighted by atomic mass is 15.0. The van der Waals surface area contributed by atoms with Crippen LogP contribution in [-0.4, -0.2) is 11.1 Å². The van der Waals surface area contributed by atoms with Crippen molar-refractivity contribution in [3.8, 4) is 0 Å². The lowest BCUT2D eigenvalue weighted by atomic mass is 9.69. The molecule has 2 heteroatoms. The van der Waals surface area contributed by atoms with Crippen molar-refractivity contribution in [2.75, 3.05) is 6.54 Å². The Bertz CT molecular complexity index is 578. The molecular formula is C18H26N2. The van der Waals surface area contributed by atoms with Crippen molar-refractivity contribution in [2.24, 2.45) is 5.73 Å². The van der Waals surface area contributed by atoms with E-state index in [-0.39, 0.29) is 0 Å². The third-order valence-electron chi connectivity index (χ3n) is 5.28. The quantitative estimate of drug-likeness (QED) is 0.894. The molecule has 0 fully saturated rings. The number of fused-ring (bicyclic) bond motifs is 3. The van der Waals surface area contributed by atoms with Gasteiger partial charge in [-0.15, -0.1) is 0 Å². The van der Waals surface area contributed by atoms with Crippen molar-refractivity contribution in [3.63, 3.8) is 0 Å². The van der Waals surface area contributed by atoms with Gasteiger partial charge in [0.1, 0.15) is 0 Å². The maximum Gasteiger partial charge on any atom is 0.0485 e. The molecule has 3 rings (SSSR count). The number of aryl methyl sites for hydroxylation is 2. The molecule has 0 bridgehead atoms. The predicted octanol–water partition coefficient (Wildman–Crippen LogP) is 3.99. The van der Waals surface area contributed by atoms with Crippen molar-refractivity contribution in [3.05, 3.63) is 35.5 Å². The zero-order chi connectivity index (χ0) is 14.2. The van der Waals surface area contributed by atoms with E-state index in [0.717, 1.165) is 19.5 Å². The highest BCUT2D eigenvalue weighted by molar-refractivity contribution is 5.86. The van der Waals surface area contributed by atoms with Crippen molar-refractivity contribution in [1.82, 2.24) is 4.57 Å². The third-order valence-corrected chi connectivity index (χ3v) is 5.28. The smallest absolute Gasteiger partial charge is 0.0485 e. The first-order valence-electron chi connectivity index (χ1n) is 8.08. The van der Waals surface area contributed by atoms with Crippen molar-refractivity contribution in [1.29, 1.82) is 0 Å². The lowest BCUT2D eigenvalue weighted by molar-refractivity contribution is 0.308. The summed E-state index contributed by atoms with van der Waals surface area (Å²) < 4.78 is 2.56. The van der Waals surface area contributed by atoms with Crippen molar-refractivity contribution < 1.29 is 0 Å². The van der Waals surface area contributed by atoms with E-state index in [9.17, 15) is 0 Å². The van der Waals surface area contributed by atoms with Gasteiger partial charge in [-0.3, -0.25) is 0 Å². The predicted molar refractivity (Wildman–Crippen MR) is 86.2 cm³/mol. The Labute approximate surface area is 122 Å². The number of nitrogens with zero attached hydrogens (tertiary/aromatic N) is 1. The molecule has 2 nitrogen and oxygen atoms in total. The molecule has 1 unspecified atom stereocenters. The molecule has 1 aromatic carbocycles. The highest BCUT2D eigenvalue weighted by Gasteiger charge is 2.38. The van der Waals surface area contributed by atoms with Gasteiger partial charge in [-0.2, -0.15) is 0 Å². The number of nitrogens with two attached hydrogens (primary N) is 1. The van der Waals surface area contributed by atoms with Gasteiger partial charge in [-0.1, -0.05) is 25.1 Å². The number of hydrogen-bond donors (Lipinski definition) is 1. The topological polar surface area (TPSA) is 30.9 Å². The summed E-state index contributed by atoms with van der Waals surface area (Å²) in [5.74, 6) is 0. The maximum atomic E-state index is 5.95. The molecule has 0 aliphatic heterocycles. The Morgan fingerprint density at radius 3 is 2.75 bits per heavy atom. The van der Waals surface area contributed by atoms with E-state index in [1.807, 2.05) is 0 Å². The zero-order valence-electron chi connectivity index (χ0n) is 12.8. The Morgan fingerprint density at radius 1 is 1.25 bits per heavy atom. The summed E-state index contributed by atoms with van der Waals surface area (Å²) in [4.78, 5) is 0. The van der Waals surface area contributed by atoms with Crippen LogP contribution in [0.2, 0.25) is 0 Å². The van der Waals surface area contributed by atoms with E-state index in [0.29, 0.717) is 5.41 Å². The number of aromatic nitrogens is 1. The molecule has 2 aromatic rings. The average Bonchev–Trinajstić information content (AvgIpc) is 2.83. The molecule has 0 radical (unpaired) electrons.